The van der Waals surface area contributed by atoms with E-state index in [1.165, 1.54) is 0 Å². The van der Waals surface area contributed by atoms with Crippen molar-refractivity contribution < 1.29 is 5.11 Å². The van der Waals surface area contributed by atoms with E-state index in [0.29, 0.717) is 5.69 Å². The number of aliphatic hydroxyl groups is 1. The molecule has 0 aliphatic heterocycles. The van der Waals surface area contributed by atoms with E-state index >= 15 is 0 Å². The van der Waals surface area contributed by atoms with Crippen LogP contribution in [-0.2, 0) is 0 Å². The number of benzene rings is 1. The van der Waals surface area contributed by atoms with Crippen molar-refractivity contribution in [1.82, 2.24) is 0 Å². The zero-order valence-electron chi connectivity index (χ0n) is 6.80. The number of rotatable bonds is 2. The van der Waals surface area contributed by atoms with Crippen LogP contribution in [0.25, 0.3) is 0 Å². The first-order valence-corrected chi connectivity index (χ1v) is 5.27. The maximum atomic E-state index is 9.46. The van der Waals surface area contributed by atoms with E-state index in [0.717, 1.165) is 14.5 Å². The van der Waals surface area contributed by atoms with Gasteiger partial charge in [0.1, 0.15) is 0 Å². The first kappa shape index (κ1) is 11.0. The van der Waals surface area contributed by atoms with Gasteiger partial charge < -0.3 is 16.6 Å². The number of halogens is 2. The molecule has 0 bridgehead atoms. The smallest absolute Gasteiger partial charge is 0.0913 e. The Balaban J connectivity index is 3.13. The number of hydrogen-bond acceptors (Lipinski definition) is 3. The van der Waals surface area contributed by atoms with Crippen molar-refractivity contribution in [3.8, 4) is 0 Å². The summed E-state index contributed by atoms with van der Waals surface area (Å²) in [4.78, 5) is 0. The summed E-state index contributed by atoms with van der Waals surface area (Å²) in [5.41, 5.74) is 12.4. The molecule has 3 nitrogen and oxygen atoms in total. The summed E-state index contributed by atoms with van der Waals surface area (Å²) in [6.07, 6.45) is -0.645. The van der Waals surface area contributed by atoms with Crippen LogP contribution in [0.3, 0.4) is 0 Å². The van der Waals surface area contributed by atoms with Crippen LogP contribution < -0.4 is 11.5 Å². The highest BCUT2D eigenvalue weighted by molar-refractivity contribution is 9.11. The quantitative estimate of drug-likeness (QED) is 0.729. The molecule has 5 heteroatoms. The van der Waals surface area contributed by atoms with Gasteiger partial charge in [-0.3, -0.25) is 0 Å². The largest absolute Gasteiger partial charge is 0.397 e. The molecule has 1 aromatic rings. The molecule has 72 valence electrons. The molecule has 1 unspecified atom stereocenters. The minimum absolute atomic E-state index is 0.197. The van der Waals surface area contributed by atoms with Crippen LogP contribution in [0, 0.1) is 0 Å². The minimum Gasteiger partial charge on any atom is -0.397 e. The van der Waals surface area contributed by atoms with Gasteiger partial charge in [0.05, 0.1) is 11.8 Å². The average Bonchev–Trinajstić information content (AvgIpc) is 2.12. The lowest BCUT2D eigenvalue weighted by Gasteiger charge is -2.10. The second-order valence-electron chi connectivity index (χ2n) is 2.65. The van der Waals surface area contributed by atoms with Gasteiger partial charge in [-0.15, -0.1) is 0 Å². The third-order valence-corrected chi connectivity index (χ3v) is 3.02. The van der Waals surface area contributed by atoms with Crippen LogP contribution in [0.2, 0.25) is 0 Å². The van der Waals surface area contributed by atoms with Crippen molar-refractivity contribution in [1.29, 1.82) is 0 Å². The Labute approximate surface area is 93.4 Å². The molecule has 0 saturated carbocycles. The Bertz CT molecular complexity index is 294. The molecule has 0 amide bonds. The predicted octanol–water partition coefficient (Wildman–Crippen LogP) is 1.79. The summed E-state index contributed by atoms with van der Waals surface area (Å²) in [7, 11) is 0. The van der Waals surface area contributed by atoms with Gasteiger partial charge in [0.25, 0.3) is 0 Å². The molecule has 1 rings (SSSR count). The van der Waals surface area contributed by atoms with Crippen molar-refractivity contribution in [2.45, 2.75) is 6.10 Å². The van der Waals surface area contributed by atoms with Crippen LogP contribution in [0.1, 0.15) is 11.7 Å². The molecule has 0 aliphatic rings. The van der Waals surface area contributed by atoms with Crippen molar-refractivity contribution in [3.05, 3.63) is 26.6 Å². The molecule has 13 heavy (non-hydrogen) atoms. The number of hydrogen-bond donors (Lipinski definition) is 3. The van der Waals surface area contributed by atoms with Gasteiger partial charge in [0.15, 0.2) is 0 Å². The Kier molecular flexibility index (Phi) is 3.73. The highest BCUT2D eigenvalue weighted by atomic mass is 79.9. The molecule has 5 N–H and O–H groups in total. The minimum atomic E-state index is -0.645. The van der Waals surface area contributed by atoms with E-state index in [4.69, 9.17) is 11.5 Å². The molecule has 0 aliphatic carbocycles. The fourth-order valence-electron chi connectivity index (χ4n) is 0.932. The third-order valence-electron chi connectivity index (χ3n) is 1.71. The van der Waals surface area contributed by atoms with Crippen LogP contribution in [0.4, 0.5) is 5.69 Å². The highest BCUT2D eigenvalue weighted by Gasteiger charge is 2.09. The SMILES string of the molecule is NCC(O)c1cc(Br)c(N)c(Br)c1. The van der Waals surface area contributed by atoms with Gasteiger partial charge in [0, 0.05) is 15.5 Å². The normalized spacial score (nSPS) is 12.9. The molecule has 0 spiro atoms. The zero-order valence-corrected chi connectivity index (χ0v) is 9.97. The molecule has 0 saturated heterocycles. The van der Waals surface area contributed by atoms with Gasteiger partial charge in [-0.1, -0.05) is 0 Å². The van der Waals surface area contributed by atoms with Crippen molar-refractivity contribution in [3.63, 3.8) is 0 Å². The second kappa shape index (κ2) is 4.41. The summed E-state index contributed by atoms with van der Waals surface area (Å²) in [5, 5.41) is 9.46. The Morgan fingerprint density at radius 2 is 1.77 bits per heavy atom. The van der Waals surface area contributed by atoms with E-state index in [9.17, 15) is 5.11 Å². The summed E-state index contributed by atoms with van der Waals surface area (Å²) >= 11 is 6.57. The fraction of sp³-hybridized carbons (Fsp3) is 0.250. The standard InChI is InChI=1S/C8H10Br2N2O/c9-5-1-4(7(13)3-11)2-6(10)8(5)12/h1-2,7,13H,3,11-12H2. The van der Waals surface area contributed by atoms with Crippen molar-refractivity contribution in [2.75, 3.05) is 12.3 Å². The summed E-state index contributed by atoms with van der Waals surface area (Å²) in [6, 6.07) is 3.52. The maximum absolute atomic E-state index is 9.46. The van der Waals surface area contributed by atoms with Crippen LogP contribution in [0.5, 0.6) is 0 Å². The maximum Gasteiger partial charge on any atom is 0.0913 e. The molecule has 0 radical (unpaired) electrons. The molecule has 1 atom stereocenters. The lowest BCUT2D eigenvalue weighted by atomic mass is 10.1. The molecular formula is C8H10Br2N2O. The first-order valence-electron chi connectivity index (χ1n) is 3.68. The number of anilines is 1. The third kappa shape index (κ3) is 2.43. The molecule has 0 fully saturated rings. The zero-order chi connectivity index (χ0) is 10.0. The van der Waals surface area contributed by atoms with Crippen molar-refractivity contribution >= 4 is 37.5 Å². The Morgan fingerprint density at radius 3 is 2.15 bits per heavy atom. The fourth-order valence-corrected chi connectivity index (χ4v) is 2.15. The highest BCUT2D eigenvalue weighted by Crippen LogP contribution is 2.31. The molecule has 1 aromatic carbocycles. The van der Waals surface area contributed by atoms with E-state index in [1.54, 1.807) is 12.1 Å². The number of nitrogens with two attached hydrogens (primary N) is 2. The molecular weight excluding hydrogens is 300 g/mol. The number of aliphatic hydroxyl groups excluding tert-OH is 1. The van der Waals surface area contributed by atoms with Gasteiger partial charge in [-0.25, -0.2) is 0 Å². The summed E-state index contributed by atoms with van der Waals surface area (Å²) in [6.45, 7) is 0.197. The van der Waals surface area contributed by atoms with E-state index < -0.39 is 6.10 Å². The lowest BCUT2D eigenvalue weighted by Crippen LogP contribution is -2.11. The average molecular weight is 310 g/mol. The lowest BCUT2D eigenvalue weighted by molar-refractivity contribution is 0.186. The topological polar surface area (TPSA) is 72.3 Å². The van der Waals surface area contributed by atoms with Crippen LogP contribution >= 0.6 is 31.9 Å². The van der Waals surface area contributed by atoms with E-state index in [1.807, 2.05) is 0 Å². The van der Waals surface area contributed by atoms with E-state index in [-0.39, 0.29) is 6.54 Å². The number of nitrogen functional groups attached to an aromatic ring is 1. The Hall–Kier alpha value is -0.100. The van der Waals surface area contributed by atoms with Crippen LogP contribution in [0.15, 0.2) is 21.1 Å². The molecule has 0 aromatic heterocycles. The van der Waals surface area contributed by atoms with Gasteiger partial charge in [-0.2, -0.15) is 0 Å². The monoisotopic (exact) mass is 308 g/mol. The van der Waals surface area contributed by atoms with Gasteiger partial charge in [0.2, 0.25) is 0 Å². The van der Waals surface area contributed by atoms with Crippen molar-refractivity contribution in [2.24, 2.45) is 5.73 Å². The first-order chi connectivity index (χ1) is 6.06. The van der Waals surface area contributed by atoms with E-state index in [2.05, 4.69) is 31.9 Å². The predicted molar refractivity (Wildman–Crippen MR) is 60.3 cm³/mol. The van der Waals surface area contributed by atoms with Gasteiger partial charge >= 0.3 is 0 Å². The Morgan fingerprint density at radius 1 is 1.31 bits per heavy atom. The van der Waals surface area contributed by atoms with Gasteiger partial charge in [-0.05, 0) is 49.6 Å². The summed E-state index contributed by atoms with van der Waals surface area (Å²) < 4.78 is 1.51. The second-order valence-corrected chi connectivity index (χ2v) is 4.36. The van der Waals surface area contributed by atoms with Crippen LogP contribution in [-0.4, -0.2) is 11.7 Å². The summed E-state index contributed by atoms with van der Waals surface area (Å²) in [5.74, 6) is 0. The molecule has 0 heterocycles.